The van der Waals surface area contributed by atoms with Crippen LogP contribution in [-0.4, -0.2) is 18.8 Å². The zero-order valence-corrected chi connectivity index (χ0v) is 16.0. The molecule has 0 aliphatic carbocycles. The number of methoxy groups -OCH3 is 1. The van der Waals surface area contributed by atoms with Crippen LogP contribution >= 0.6 is 44.1 Å². The van der Waals surface area contributed by atoms with Gasteiger partial charge in [-0.15, -0.1) is 0 Å². The highest BCUT2D eigenvalue weighted by Crippen LogP contribution is 2.25. The number of benzene rings is 2. The molecule has 6 heteroatoms. The van der Waals surface area contributed by atoms with Crippen LogP contribution in [0.4, 0.5) is 5.69 Å². The molecule has 22 heavy (non-hydrogen) atoms. The minimum Gasteiger partial charge on any atom is -0.496 e. The standard InChI is InChI=1S/C16H16Br2N2OS/c1-21-15-7-2-11(10-14(15)18)8-9-19-16(22)20-13-5-3-12(17)4-6-13/h2-7,10H,8-9H2,1H3,(H2,19,20,22). The number of thiocarbonyl (C=S) groups is 1. The van der Waals surface area contributed by atoms with E-state index >= 15 is 0 Å². The molecule has 0 saturated carbocycles. The van der Waals surface area contributed by atoms with Crippen LogP contribution in [0.1, 0.15) is 5.56 Å². The van der Waals surface area contributed by atoms with Crippen LogP contribution in [0.2, 0.25) is 0 Å². The molecule has 2 rings (SSSR count). The first-order valence-corrected chi connectivity index (χ1v) is 8.71. The fraction of sp³-hybridized carbons (Fsp3) is 0.188. The zero-order chi connectivity index (χ0) is 15.9. The Morgan fingerprint density at radius 1 is 1.14 bits per heavy atom. The second-order valence-electron chi connectivity index (χ2n) is 4.61. The lowest BCUT2D eigenvalue weighted by molar-refractivity contribution is 0.412. The Balaban J connectivity index is 1.79. The molecule has 0 fully saturated rings. The molecule has 0 aliphatic heterocycles. The quantitative estimate of drug-likeness (QED) is 0.653. The van der Waals surface area contributed by atoms with Gasteiger partial charge in [-0.05, 0) is 76.5 Å². The Hall–Kier alpha value is -1.11. The summed E-state index contributed by atoms with van der Waals surface area (Å²) in [6.07, 6.45) is 0.880. The van der Waals surface area contributed by atoms with Crippen molar-refractivity contribution >= 4 is 54.9 Å². The van der Waals surface area contributed by atoms with Gasteiger partial charge in [0.05, 0.1) is 11.6 Å². The number of nitrogens with one attached hydrogen (secondary N) is 2. The first-order chi connectivity index (χ1) is 10.6. The molecule has 0 heterocycles. The van der Waals surface area contributed by atoms with Crippen LogP contribution in [0.5, 0.6) is 5.75 Å². The Morgan fingerprint density at radius 3 is 2.50 bits per heavy atom. The Bertz CT molecular complexity index is 647. The monoisotopic (exact) mass is 442 g/mol. The average Bonchev–Trinajstić information content (AvgIpc) is 2.50. The van der Waals surface area contributed by atoms with Crippen LogP contribution in [0.3, 0.4) is 0 Å². The lowest BCUT2D eigenvalue weighted by Crippen LogP contribution is -2.30. The number of rotatable bonds is 5. The molecule has 3 nitrogen and oxygen atoms in total. The first kappa shape index (κ1) is 17.2. The summed E-state index contributed by atoms with van der Waals surface area (Å²) in [5.74, 6) is 0.837. The summed E-state index contributed by atoms with van der Waals surface area (Å²) in [6.45, 7) is 0.765. The molecule has 2 aromatic rings. The molecule has 0 spiro atoms. The van der Waals surface area contributed by atoms with Crippen molar-refractivity contribution in [3.8, 4) is 5.75 Å². The van der Waals surface area contributed by atoms with Gasteiger partial charge < -0.3 is 15.4 Å². The van der Waals surface area contributed by atoms with Gasteiger partial charge in [0.25, 0.3) is 0 Å². The summed E-state index contributed by atoms with van der Waals surface area (Å²) < 4.78 is 7.23. The maximum Gasteiger partial charge on any atom is 0.170 e. The van der Waals surface area contributed by atoms with Gasteiger partial charge in [0, 0.05) is 16.7 Å². The van der Waals surface area contributed by atoms with E-state index < -0.39 is 0 Å². The van der Waals surface area contributed by atoms with Crippen LogP contribution in [0.15, 0.2) is 51.4 Å². The molecule has 0 bridgehead atoms. The molecule has 116 valence electrons. The van der Waals surface area contributed by atoms with Crippen molar-refractivity contribution in [3.05, 3.63) is 57.0 Å². The lowest BCUT2D eigenvalue weighted by Gasteiger charge is -2.11. The van der Waals surface area contributed by atoms with Crippen LogP contribution < -0.4 is 15.4 Å². The predicted molar refractivity (Wildman–Crippen MR) is 103 cm³/mol. The van der Waals surface area contributed by atoms with Crippen LogP contribution in [0, 0.1) is 0 Å². The van der Waals surface area contributed by atoms with Crippen LogP contribution in [-0.2, 0) is 6.42 Å². The molecule has 0 amide bonds. The molecule has 0 atom stereocenters. The molecule has 0 radical (unpaired) electrons. The number of hydrogen-bond donors (Lipinski definition) is 2. The molecule has 0 unspecified atom stereocenters. The van der Waals surface area contributed by atoms with E-state index in [2.05, 4.69) is 54.6 Å². The zero-order valence-electron chi connectivity index (χ0n) is 12.0. The number of ether oxygens (including phenoxy) is 1. The molecule has 0 saturated heterocycles. The molecular weight excluding hydrogens is 428 g/mol. The summed E-state index contributed by atoms with van der Waals surface area (Å²) in [7, 11) is 1.66. The van der Waals surface area contributed by atoms with E-state index in [0.29, 0.717) is 5.11 Å². The molecule has 0 aromatic heterocycles. The molecule has 0 aliphatic rings. The molecule has 2 aromatic carbocycles. The fourth-order valence-electron chi connectivity index (χ4n) is 1.89. The lowest BCUT2D eigenvalue weighted by atomic mass is 10.1. The van der Waals surface area contributed by atoms with Gasteiger partial charge in [-0.25, -0.2) is 0 Å². The SMILES string of the molecule is COc1ccc(CCNC(=S)Nc2ccc(Br)cc2)cc1Br. The fourth-order valence-corrected chi connectivity index (χ4v) is 2.97. The van der Waals surface area contributed by atoms with Crippen molar-refractivity contribution in [2.24, 2.45) is 0 Å². The van der Waals surface area contributed by atoms with Crippen LogP contribution in [0.25, 0.3) is 0 Å². The number of hydrogen-bond acceptors (Lipinski definition) is 2. The van der Waals surface area contributed by atoms with Gasteiger partial charge in [-0.1, -0.05) is 22.0 Å². The predicted octanol–water partition coefficient (Wildman–Crippen LogP) is 4.75. The van der Waals surface area contributed by atoms with Gasteiger partial charge >= 0.3 is 0 Å². The summed E-state index contributed by atoms with van der Waals surface area (Å²) in [4.78, 5) is 0. The topological polar surface area (TPSA) is 33.3 Å². The number of anilines is 1. The summed E-state index contributed by atoms with van der Waals surface area (Å²) in [6, 6.07) is 14.0. The largest absolute Gasteiger partial charge is 0.496 e. The smallest absolute Gasteiger partial charge is 0.170 e. The van der Waals surface area contributed by atoms with Gasteiger partial charge in [-0.2, -0.15) is 0 Å². The highest BCUT2D eigenvalue weighted by atomic mass is 79.9. The van der Waals surface area contributed by atoms with Crippen molar-refractivity contribution in [2.45, 2.75) is 6.42 Å². The third-order valence-corrected chi connectivity index (χ3v) is 4.41. The average molecular weight is 444 g/mol. The Kier molecular flexibility index (Phi) is 6.67. The minimum absolute atomic E-state index is 0.620. The maximum absolute atomic E-state index is 5.29. The third kappa shape index (κ3) is 5.26. The van der Waals surface area contributed by atoms with Crippen molar-refractivity contribution in [1.29, 1.82) is 0 Å². The second-order valence-corrected chi connectivity index (χ2v) is 6.78. The normalized spacial score (nSPS) is 10.1. The van der Waals surface area contributed by atoms with Gasteiger partial charge in [0.15, 0.2) is 5.11 Å². The molecular formula is C16H16Br2N2OS. The Labute approximate surface area is 152 Å². The second kappa shape index (κ2) is 8.50. The molecule has 2 N–H and O–H groups in total. The van der Waals surface area contributed by atoms with Crippen molar-refractivity contribution in [3.63, 3.8) is 0 Å². The van der Waals surface area contributed by atoms with E-state index in [1.54, 1.807) is 7.11 Å². The highest BCUT2D eigenvalue weighted by molar-refractivity contribution is 9.10. The van der Waals surface area contributed by atoms with Gasteiger partial charge in [0.1, 0.15) is 5.75 Å². The summed E-state index contributed by atoms with van der Waals surface area (Å²) >= 11 is 12.2. The van der Waals surface area contributed by atoms with Gasteiger partial charge in [-0.3, -0.25) is 0 Å². The van der Waals surface area contributed by atoms with Gasteiger partial charge in [0.2, 0.25) is 0 Å². The number of halogens is 2. The Morgan fingerprint density at radius 2 is 1.86 bits per heavy atom. The maximum atomic E-state index is 5.29. The van der Waals surface area contributed by atoms with Crippen molar-refractivity contribution in [2.75, 3.05) is 19.0 Å². The summed E-state index contributed by atoms with van der Waals surface area (Å²) in [5.41, 5.74) is 2.18. The first-order valence-electron chi connectivity index (χ1n) is 6.71. The highest BCUT2D eigenvalue weighted by Gasteiger charge is 2.02. The third-order valence-electron chi connectivity index (χ3n) is 3.02. The van der Waals surface area contributed by atoms with E-state index in [-0.39, 0.29) is 0 Å². The van der Waals surface area contributed by atoms with E-state index in [1.165, 1.54) is 5.56 Å². The van der Waals surface area contributed by atoms with Crippen molar-refractivity contribution < 1.29 is 4.74 Å². The van der Waals surface area contributed by atoms with E-state index in [1.807, 2.05) is 30.3 Å². The van der Waals surface area contributed by atoms with E-state index in [4.69, 9.17) is 17.0 Å². The van der Waals surface area contributed by atoms with E-state index in [0.717, 1.165) is 33.3 Å². The van der Waals surface area contributed by atoms with E-state index in [9.17, 15) is 0 Å². The minimum atomic E-state index is 0.620. The van der Waals surface area contributed by atoms with Crippen molar-refractivity contribution in [1.82, 2.24) is 5.32 Å². The summed E-state index contributed by atoms with van der Waals surface area (Å²) in [5, 5.41) is 6.98.